The van der Waals surface area contributed by atoms with E-state index in [1.807, 2.05) is 38.2 Å². The second-order valence-corrected chi connectivity index (χ2v) is 6.97. The fourth-order valence-corrected chi connectivity index (χ4v) is 3.64. The van der Waals surface area contributed by atoms with Gasteiger partial charge in [-0.1, -0.05) is 30.3 Å². The quantitative estimate of drug-likeness (QED) is 0.573. The fourth-order valence-electron chi connectivity index (χ4n) is 3.39. The summed E-state index contributed by atoms with van der Waals surface area (Å²) in [6, 6.07) is 12.2. The van der Waals surface area contributed by atoms with E-state index in [-0.39, 0.29) is 5.78 Å². The molecule has 0 aliphatic carbocycles. The molecule has 7 heteroatoms. The second kappa shape index (κ2) is 8.53. The van der Waals surface area contributed by atoms with E-state index < -0.39 is 6.04 Å². The van der Waals surface area contributed by atoms with Crippen LogP contribution >= 0.6 is 12.2 Å². The van der Waals surface area contributed by atoms with E-state index in [0.29, 0.717) is 33.5 Å². The third kappa shape index (κ3) is 3.78. The lowest BCUT2D eigenvalue weighted by Gasteiger charge is -2.36. The summed E-state index contributed by atoms with van der Waals surface area (Å²) in [5.74, 6) is 1.57. The van der Waals surface area contributed by atoms with Crippen molar-refractivity contribution in [1.82, 2.24) is 10.2 Å². The maximum atomic E-state index is 13.5. The van der Waals surface area contributed by atoms with Crippen molar-refractivity contribution >= 4 is 23.1 Å². The van der Waals surface area contributed by atoms with Crippen LogP contribution in [0.4, 0.5) is 0 Å². The molecular weight excluding hydrogens is 388 g/mol. The molecule has 1 unspecified atom stereocenters. The molecule has 1 atom stereocenters. The van der Waals surface area contributed by atoms with Crippen molar-refractivity contribution in [2.24, 2.45) is 0 Å². The van der Waals surface area contributed by atoms with Crippen LogP contribution in [-0.2, 0) is 0 Å². The van der Waals surface area contributed by atoms with E-state index in [1.165, 1.54) is 0 Å². The lowest BCUT2D eigenvalue weighted by atomic mass is 9.88. The van der Waals surface area contributed by atoms with Gasteiger partial charge < -0.3 is 24.4 Å². The van der Waals surface area contributed by atoms with Crippen molar-refractivity contribution < 1.29 is 19.0 Å². The summed E-state index contributed by atoms with van der Waals surface area (Å²) in [4.78, 5) is 15.3. The molecule has 6 nitrogen and oxygen atoms in total. The molecule has 0 fully saturated rings. The van der Waals surface area contributed by atoms with Gasteiger partial charge in [-0.25, -0.2) is 0 Å². The zero-order chi connectivity index (χ0) is 21.1. The average Bonchev–Trinajstić information content (AvgIpc) is 2.76. The number of hydrogen-bond donors (Lipinski definition) is 1. The Morgan fingerprint density at radius 2 is 1.59 bits per heavy atom. The van der Waals surface area contributed by atoms with Crippen LogP contribution in [0.1, 0.15) is 28.9 Å². The number of allylic oxidation sites excluding steroid dienone is 1. The highest BCUT2D eigenvalue weighted by atomic mass is 32.1. The number of rotatable bonds is 6. The lowest BCUT2D eigenvalue weighted by molar-refractivity contribution is 0.102. The molecule has 0 saturated heterocycles. The van der Waals surface area contributed by atoms with E-state index in [4.69, 9.17) is 26.4 Å². The molecule has 3 rings (SSSR count). The van der Waals surface area contributed by atoms with Gasteiger partial charge in [-0.05, 0) is 25.2 Å². The summed E-state index contributed by atoms with van der Waals surface area (Å²) in [6.07, 6.45) is 0. The molecule has 1 aliphatic rings. The highest BCUT2D eigenvalue weighted by Crippen LogP contribution is 2.42. The first kappa shape index (κ1) is 20.7. The normalized spacial score (nSPS) is 16.4. The summed E-state index contributed by atoms with van der Waals surface area (Å²) in [5, 5.41) is 3.80. The van der Waals surface area contributed by atoms with Crippen LogP contribution < -0.4 is 19.5 Å². The second-order valence-electron chi connectivity index (χ2n) is 6.58. The summed E-state index contributed by atoms with van der Waals surface area (Å²) >= 11 is 5.50. The maximum absolute atomic E-state index is 13.5. The number of benzene rings is 2. The van der Waals surface area contributed by atoms with E-state index in [9.17, 15) is 4.79 Å². The molecule has 2 aromatic carbocycles. The minimum atomic E-state index is -0.499. The maximum Gasteiger partial charge on any atom is 0.193 e. The molecule has 1 N–H and O–H groups in total. The number of hydrogen-bond acceptors (Lipinski definition) is 5. The smallest absolute Gasteiger partial charge is 0.193 e. The van der Waals surface area contributed by atoms with Gasteiger partial charge in [-0.2, -0.15) is 0 Å². The Morgan fingerprint density at radius 1 is 1.00 bits per heavy atom. The van der Waals surface area contributed by atoms with Gasteiger partial charge in [0, 0.05) is 35.5 Å². The Hall–Kier alpha value is -3.06. The van der Waals surface area contributed by atoms with Crippen LogP contribution in [0.15, 0.2) is 53.7 Å². The third-order valence-corrected chi connectivity index (χ3v) is 5.47. The molecular formula is C22H24N2O4S. The van der Waals surface area contributed by atoms with Crippen LogP contribution in [0, 0.1) is 0 Å². The topological polar surface area (TPSA) is 60.0 Å². The number of thiocarbonyl (C=S) groups is 1. The summed E-state index contributed by atoms with van der Waals surface area (Å²) in [5.41, 5.74) is 2.72. The molecule has 0 aromatic heterocycles. The van der Waals surface area contributed by atoms with Crippen LogP contribution in [0.5, 0.6) is 17.2 Å². The molecule has 152 valence electrons. The minimum Gasteiger partial charge on any atom is -0.496 e. The molecule has 0 spiro atoms. The zero-order valence-corrected chi connectivity index (χ0v) is 17.9. The molecule has 1 aliphatic heterocycles. The first-order valence-corrected chi connectivity index (χ1v) is 9.48. The molecule has 0 bridgehead atoms. The van der Waals surface area contributed by atoms with E-state index in [1.54, 1.807) is 44.4 Å². The van der Waals surface area contributed by atoms with Gasteiger partial charge in [-0.15, -0.1) is 0 Å². The van der Waals surface area contributed by atoms with Crippen LogP contribution in [0.25, 0.3) is 0 Å². The van der Waals surface area contributed by atoms with Crippen molar-refractivity contribution in [2.45, 2.75) is 13.0 Å². The SMILES string of the molecule is COc1cc(OC)c(C2NC(=S)N(C)C(C)=C2C(=O)c2ccccc2)cc1OC. The Labute approximate surface area is 176 Å². The lowest BCUT2D eigenvalue weighted by Crippen LogP contribution is -2.45. The van der Waals surface area contributed by atoms with Gasteiger partial charge in [-0.3, -0.25) is 4.79 Å². The number of ketones is 1. The third-order valence-electron chi connectivity index (χ3n) is 5.08. The Kier molecular flexibility index (Phi) is 6.08. The molecule has 0 amide bonds. The van der Waals surface area contributed by atoms with Crippen molar-refractivity contribution in [1.29, 1.82) is 0 Å². The van der Waals surface area contributed by atoms with Crippen molar-refractivity contribution in [3.8, 4) is 17.2 Å². The minimum absolute atomic E-state index is 0.0770. The van der Waals surface area contributed by atoms with E-state index in [2.05, 4.69) is 5.32 Å². The average molecular weight is 413 g/mol. The first-order valence-electron chi connectivity index (χ1n) is 9.07. The van der Waals surface area contributed by atoms with Crippen LogP contribution in [-0.4, -0.2) is 44.2 Å². The molecule has 1 heterocycles. The Morgan fingerprint density at radius 3 is 2.17 bits per heavy atom. The van der Waals surface area contributed by atoms with Gasteiger partial charge in [0.15, 0.2) is 22.4 Å². The van der Waals surface area contributed by atoms with E-state index >= 15 is 0 Å². The first-order chi connectivity index (χ1) is 13.9. The van der Waals surface area contributed by atoms with Crippen molar-refractivity contribution in [2.75, 3.05) is 28.4 Å². The zero-order valence-electron chi connectivity index (χ0n) is 17.1. The Balaban J connectivity index is 2.21. The predicted molar refractivity (Wildman–Crippen MR) is 116 cm³/mol. The fraction of sp³-hybridized carbons (Fsp3) is 0.273. The summed E-state index contributed by atoms with van der Waals surface area (Å²) < 4.78 is 16.5. The van der Waals surface area contributed by atoms with Gasteiger partial charge in [0.1, 0.15) is 5.75 Å². The molecule has 2 aromatic rings. The van der Waals surface area contributed by atoms with Crippen molar-refractivity contribution in [3.05, 3.63) is 64.9 Å². The van der Waals surface area contributed by atoms with Gasteiger partial charge >= 0.3 is 0 Å². The number of ether oxygens (including phenoxy) is 3. The van der Waals surface area contributed by atoms with Gasteiger partial charge in [0.05, 0.1) is 27.4 Å². The number of methoxy groups -OCH3 is 3. The number of nitrogens with zero attached hydrogens (tertiary/aromatic N) is 1. The van der Waals surface area contributed by atoms with Crippen LogP contribution in [0.2, 0.25) is 0 Å². The van der Waals surface area contributed by atoms with Crippen LogP contribution in [0.3, 0.4) is 0 Å². The largest absolute Gasteiger partial charge is 0.496 e. The highest BCUT2D eigenvalue weighted by Gasteiger charge is 2.35. The van der Waals surface area contributed by atoms with Crippen molar-refractivity contribution in [3.63, 3.8) is 0 Å². The monoisotopic (exact) mass is 412 g/mol. The summed E-state index contributed by atoms with van der Waals surface area (Å²) in [7, 11) is 6.55. The Bertz CT molecular complexity index is 972. The van der Waals surface area contributed by atoms with E-state index in [0.717, 1.165) is 11.3 Å². The standard InChI is InChI=1S/C22H24N2O4S/c1-13-19(21(25)14-9-7-6-8-10-14)20(23-22(29)24(13)2)15-11-17(27-4)18(28-5)12-16(15)26-3/h6-12,20H,1-5H3,(H,23,29). The van der Waals surface area contributed by atoms with Gasteiger partial charge in [0.2, 0.25) is 0 Å². The number of carbonyl (C=O) groups excluding carboxylic acids is 1. The predicted octanol–water partition coefficient (Wildman–Crippen LogP) is 3.73. The number of carbonyl (C=O) groups is 1. The summed E-state index contributed by atoms with van der Waals surface area (Å²) in [6.45, 7) is 1.89. The molecule has 29 heavy (non-hydrogen) atoms. The molecule has 0 radical (unpaired) electrons. The van der Waals surface area contributed by atoms with Gasteiger partial charge in [0.25, 0.3) is 0 Å². The number of nitrogens with one attached hydrogen (secondary N) is 1. The molecule has 0 saturated carbocycles. The highest BCUT2D eigenvalue weighted by molar-refractivity contribution is 7.80. The number of Topliss-reactive ketones (excluding diaryl/α,β-unsaturated/α-hetero) is 1.